The number of morpholine rings is 1. The normalized spacial score (nSPS) is 44.8. The largest absolute Gasteiger partial charge is 0.378 e. The summed E-state index contributed by atoms with van der Waals surface area (Å²) in [6.45, 7) is 2.87. The van der Waals surface area contributed by atoms with Crippen molar-refractivity contribution in [2.45, 2.75) is 51.0 Å². The lowest BCUT2D eigenvalue weighted by Crippen LogP contribution is -2.52. The molecule has 0 radical (unpaired) electrons. The molecule has 118 valence electrons. The molecule has 1 unspecified atom stereocenters. The lowest BCUT2D eigenvalue weighted by atomic mass is 9.49. The van der Waals surface area contributed by atoms with E-state index in [4.69, 9.17) is 4.74 Å². The molecule has 1 amide bonds. The van der Waals surface area contributed by atoms with Crippen LogP contribution in [-0.4, -0.2) is 38.3 Å². The van der Waals surface area contributed by atoms with Gasteiger partial charge in [0.05, 0.1) is 13.2 Å². The minimum Gasteiger partial charge on any atom is -0.378 e. The second-order valence-electron chi connectivity index (χ2n) is 8.04. The van der Waals surface area contributed by atoms with Gasteiger partial charge in [0.2, 0.25) is 5.91 Å². The van der Waals surface area contributed by atoms with Crippen molar-refractivity contribution in [2.24, 2.45) is 23.2 Å². The van der Waals surface area contributed by atoms with Crippen LogP contribution in [0, 0.1) is 23.2 Å². The zero-order chi connectivity index (χ0) is 14.3. The minimum atomic E-state index is -0.143. The Balaban J connectivity index is 1.28. The molecule has 5 rings (SSSR count). The Hall–Kier alpha value is -0.610. The van der Waals surface area contributed by atoms with Gasteiger partial charge in [0, 0.05) is 13.1 Å². The Morgan fingerprint density at radius 1 is 1.14 bits per heavy atom. The fraction of sp³-hybridized carbons (Fsp3) is 0.941. The molecule has 4 aliphatic carbocycles. The van der Waals surface area contributed by atoms with Crippen LogP contribution in [0.1, 0.15) is 44.9 Å². The third-order valence-electron chi connectivity index (χ3n) is 6.36. The summed E-state index contributed by atoms with van der Waals surface area (Å²) in [6, 6.07) is -0.143. The monoisotopic (exact) mass is 292 g/mol. The summed E-state index contributed by atoms with van der Waals surface area (Å²) < 4.78 is 5.36. The summed E-state index contributed by atoms with van der Waals surface area (Å²) in [5, 5.41) is 6.37. The Bertz CT molecular complexity index is 368. The van der Waals surface area contributed by atoms with Gasteiger partial charge in [-0.1, -0.05) is 0 Å². The van der Waals surface area contributed by atoms with E-state index in [-0.39, 0.29) is 11.9 Å². The predicted octanol–water partition coefficient (Wildman–Crippen LogP) is 1.70. The summed E-state index contributed by atoms with van der Waals surface area (Å²) in [7, 11) is 0. The van der Waals surface area contributed by atoms with E-state index >= 15 is 0 Å². The maximum Gasteiger partial charge on any atom is 0.239 e. The van der Waals surface area contributed by atoms with Crippen molar-refractivity contribution in [3.05, 3.63) is 0 Å². The summed E-state index contributed by atoms with van der Waals surface area (Å²) >= 11 is 0. The number of carbonyl (C=O) groups excluding carboxylic acids is 1. The number of hydrogen-bond donors (Lipinski definition) is 2. The van der Waals surface area contributed by atoms with Crippen LogP contribution in [0.15, 0.2) is 0 Å². The quantitative estimate of drug-likeness (QED) is 0.829. The summed E-state index contributed by atoms with van der Waals surface area (Å²) in [4.78, 5) is 12.1. The number of hydrogen-bond acceptors (Lipinski definition) is 3. The topological polar surface area (TPSA) is 50.4 Å². The molecule has 1 atom stereocenters. The van der Waals surface area contributed by atoms with Gasteiger partial charge in [-0.15, -0.1) is 0 Å². The first-order valence-corrected chi connectivity index (χ1v) is 8.81. The van der Waals surface area contributed by atoms with Crippen LogP contribution in [0.25, 0.3) is 0 Å². The minimum absolute atomic E-state index is 0.124. The Labute approximate surface area is 127 Å². The van der Waals surface area contributed by atoms with Crippen LogP contribution in [0.2, 0.25) is 0 Å². The zero-order valence-electron chi connectivity index (χ0n) is 12.9. The molecular formula is C17H28N2O2. The Kier molecular flexibility index (Phi) is 3.70. The SMILES string of the molecule is O=C(NCCC12CC3CC(CC(C3)C1)C2)C1COCCN1. The average molecular weight is 292 g/mol. The van der Waals surface area contributed by atoms with Crippen molar-refractivity contribution in [1.82, 2.24) is 10.6 Å². The van der Waals surface area contributed by atoms with Crippen LogP contribution in [0.3, 0.4) is 0 Å². The maximum absolute atomic E-state index is 12.1. The Morgan fingerprint density at radius 2 is 1.81 bits per heavy atom. The molecule has 4 saturated carbocycles. The van der Waals surface area contributed by atoms with Crippen molar-refractivity contribution in [1.29, 1.82) is 0 Å². The van der Waals surface area contributed by atoms with Gasteiger partial charge in [-0.3, -0.25) is 4.79 Å². The van der Waals surface area contributed by atoms with E-state index in [1.54, 1.807) is 0 Å². The predicted molar refractivity (Wildman–Crippen MR) is 80.8 cm³/mol. The van der Waals surface area contributed by atoms with Crippen molar-refractivity contribution in [2.75, 3.05) is 26.3 Å². The first-order chi connectivity index (χ1) is 10.2. The van der Waals surface area contributed by atoms with E-state index in [9.17, 15) is 4.79 Å². The first-order valence-electron chi connectivity index (χ1n) is 8.81. The van der Waals surface area contributed by atoms with Crippen LogP contribution >= 0.6 is 0 Å². The molecule has 0 aromatic carbocycles. The smallest absolute Gasteiger partial charge is 0.239 e. The summed E-state index contributed by atoms with van der Waals surface area (Å²) in [5.41, 5.74) is 0.568. The fourth-order valence-electron chi connectivity index (χ4n) is 5.90. The van der Waals surface area contributed by atoms with Gasteiger partial charge in [-0.25, -0.2) is 0 Å². The molecule has 0 spiro atoms. The molecular weight excluding hydrogens is 264 g/mol. The lowest BCUT2D eigenvalue weighted by molar-refractivity contribution is -0.126. The maximum atomic E-state index is 12.1. The highest BCUT2D eigenvalue weighted by Gasteiger charge is 2.50. The molecule has 4 nitrogen and oxygen atoms in total. The van der Waals surface area contributed by atoms with Crippen molar-refractivity contribution in [3.63, 3.8) is 0 Å². The molecule has 1 saturated heterocycles. The van der Waals surface area contributed by atoms with Crippen molar-refractivity contribution < 1.29 is 9.53 Å². The van der Waals surface area contributed by atoms with Gasteiger partial charge in [-0.05, 0) is 68.1 Å². The van der Waals surface area contributed by atoms with Crippen LogP contribution in [-0.2, 0) is 9.53 Å². The number of rotatable bonds is 4. The molecule has 2 N–H and O–H groups in total. The fourth-order valence-corrected chi connectivity index (χ4v) is 5.90. The number of ether oxygens (including phenoxy) is 1. The molecule has 1 aliphatic heterocycles. The molecule has 21 heavy (non-hydrogen) atoms. The molecule has 4 bridgehead atoms. The summed E-state index contributed by atoms with van der Waals surface area (Å²) in [5.74, 6) is 3.13. The van der Waals surface area contributed by atoms with Gasteiger partial charge in [0.1, 0.15) is 6.04 Å². The standard InChI is InChI=1S/C17H28N2O2/c20-16(15-11-21-4-3-18-15)19-2-1-17-8-12-5-13(9-17)7-14(6-12)10-17/h12-15,18H,1-11H2,(H,19,20). The second kappa shape index (κ2) is 5.54. The van der Waals surface area contributed by atoms with Crippen LogP contribution in [0.4, 0.5) is 0 Å². The number of carbonyl (C=O) groups is 1. The van der Waals surface area contributed by atoms with E-state index in [0.717, 1.165) is 37.5 Å². The highest BCUT2D eigenvalue weighted by atomic mass is 16.5. The first kappa shape index (κ1) is 14.0. The van der Waals surface area contributed by atoms with Crippen LogP contribution in [0.5, 0.6) is 0 Å². The van der Waals surface area contributed by atoms with E-state index in [1.165, 1.54) is 44.9 Å². The molecule has 4 heteroatoms. The van der Waals surface area contributed by atoms with Gasteiger partial charge in [0.15, 0.2) is 0 Å². The summed E-state index contributed by atoms with van der Waals surface area (Å²) in [6.07, 6.45) is 9.97. The van der Waals surface area contributed by atoms with Gasteiger partial charge < -0.3 is 15.4 Å². The average Bonchev–Trinajstić information content (AvgIpc) is 2.46. The number of amides is 1. The van der Waals surface area contributed by atoms with E-state index in [2.05, 4.69) is 10.6 Å². The number of nitrogens with one attached hydrogen (secondary N) is 2. The van der Waals surface area contributed by atoms with E-state index in [1.807, 2.05) is 0 Å². The van der Waals surface area contributed by atoms with E-state index < -0.39 is 0 Å². The zero-order valence-corrected chi connectivity index (χ0v) is 12.9. The van der Waals surface area contributed by atoms with Crippen molar-refractivity contribution >= 4 is 5.91 Å². The van der Waals surface area contributed by atoms with Crippen LogP contribution < -0.4 is 10.6 Å². The van der Waals surface area contributed by atoms with Gasteiger partial charge in [0.25, 0.3) is 0 Å². The Morgan fingerprint density at radius 3 is 2.38 bits per heavy atom. The highest BCUT2D eigenvalue weighted by molar-refractivity contribution is 5.81. The lowest BCUT2D eigenvalue weighted by Gasteiger charge is -2.57. The molecule has 1 heterocycles. The molecule has 0 aromatic heterocycles. The molecule has 0 aromatic rings. The van der Waals surface area contributed by atoms with Gasteiger partial charge in [-0.2, -0.15) is 0 Å². The third-order valence-corrected chi connectivity index (χ3v) is 6.36. The van der Waals surface area contributed by atoms with E-state index in [0.29, 0.717) is 12.0 Å². The third kappa shape index (κ3) is 2.85. The van der Waals surface area contributed by atoms with Crippen molar-refractivity contribution in [3.8, 4) is 0 Å². The molecule has 5 fully saturated rings. The van der Waals surface area contributed by atoms with Gasteiger partial charge >= 0.3 is 0 Å². The second-order valence-corrected chi connectivity index (χ2v) is 8.04. The highest BCUT2D eigenvalue weighted by Crippen LogP contribution is 2.61. The molecule has 5 aliphatic rings.